The number of nitrogens with one attached hydrogen (secondary N) is 1. The maximum absolute atomic E-state index is 12.4. The summed E-state index contributed by atoms with van der Waals surface area (Å²) < 4.78 is 30.0. The van der Waals surface area contributed by atoms with Gasteiger partial charge in [-0.1, -0.05) is 0 Å². The highest BCUT2D eigenvalue weighted by molar-refractivity contribution is 7.88. The number of rotatable bonds is 3. The molecule has 1 aromatic rings. The first kappa shape index (κ1) is 16.0. The van der Waals surface area contributed by atoms with E-state index in [0.29, 0.717) is 19.6 Å². The molecule has 0 unspecified atom stereocenters. The van der Waals surface area contributed by atoms with E-state index in [4.69, 9.17) is 4.42 Å². The van der Waals surface area contributed by atoms with Gasteiger partial charge in [-0.2, -0.15) is 0 Å². The van der Waals surface area contributed by atoms with Gasteiger partial charge in [-0.25, -0.2) is 12.7 Å². The summed E-state index contributed by atoms with van der Waals surface area (Å²) >= 11 is 0. The summed E-state index contributed by atoms with van der Waals surface area (Å²) in [5.41, 5.74) is 0.101. The smallest absolute Gasteiger partial charge is 0.275 e. The molecule has 0 bridgehead atoms. The highest BCUT2D eigenvalue weighted by Crippen LogP contribution is 2.20. The lowest BCUT2D eigenvalue weighted by molar-refractivity contribution is 0.0651. The molecule has 1 aliphatic rings. The third-order valence-corrected chi connectivity index (χ3v) is 5.10. The summed E-state index contributed by atoms with van der Waals surface area (Å²) in [5, 5.41) is 3.10. The third kappa shape index (κ3) is 3.28. The van der Waals surface area contributed by atoms with E-state index in [1.807, 2.05) is 13.8 Å². The van der Waals surface area contributed by atoms with E-state index in [0.717, 1.165) is 4.31 Å². The number of hydrogen-bond donors (Lipinski definition) is 1. The normalized spacial score (nSPS) is 19.0. The molecule has 1 aromatic heterocycles. The summed E-state index contributed by atoms with van der Waals surface area (Å²) in [6.45, 7) is 5.89. The Hall–Kier alpha value is -1.38. The summed E-state index contributed by atoms with van der Waals surface area (Å²) in [7, 11) is -0.830. The molecule has 2 rings (SSSR count). The molecule has 7 nitrogen and oxygen atoms in total. The van der Waals surface area contributed by atoms with Crippen LogP contribution in [0.5, 0.6) is 0 Å². The molecule has 1 fully saturated rings. The van der Waals surface area contributed by atoms with E-state index in [9.17, 15) is 13.2 Å². The fourth-order valence-corrected chi connectivity index (χ4v) is 3.05. The molecule has 1 saturated heterocycles. The number of carbonyl (C=O) groups is 1. The Morgan fingerprint density at radius 3 is 2.67 bits per heavy atom. The predicted molar refractivity (Wildman–Crippen MR) is 77.6 cm³/mol. The lowest BCUT2D eigenvalue weighted by Crippen LogP contribution is -2.58. The van der Waals surface area contributed by atoms with Crippen LogP contribution in [-0.4, -0.2) is 62.8 Å². The van der Waals surface area contributed by atoms with Crippen LogP contribution in [-0.2, 0) is 10.0 Å². The topological polar surface area (TPSA) is 82.9 Å². The standard InChI is InChI=1S/C13H21N3O4S/c1-13(2)9-16(6-5-14-13)12(17)10-7-11(20-8-10)21(18,19)15(3)4/h7-8,14H,5-6,9H2,1-4H3. The van der Waals surface area contributed by atoms with Crippen LogP contribution in [0.3, 0.4) is 0 Å². The lowest BCUT2D eigenvalue weighted by atomic mass is 10.0. The van der Waals surface area contributed by atoms with Crippen LogP contribution in [0.2, 0.25) is 0 Å². The quantitative estimate of drug-likeness (QED) is 0.870. The first-order valence-corrected chi connectivity index (χ1v) is 8.13. The number of piperazine rings is 1. The Balaban J connectivity index is 2.20. The van der Waals surface area contributed by atoms with Crippen LogP contribution in [0, 0.1) is 0 Å². The largest absolute Gasteiger partial charge is 0.451 e. The molecule has 1 aliphatic heterocycles. The predicted octanol–water partition coefficient (Wildman–Crippen LogP) is 0.354. The fraction of sp³-hybridized carbons (Fsp3) is 0.615. The molecule has 1 amide bonds. The molecular weight excluding hydrogens is 294 g/mol. The van der Waals surface area contributed by atoms with E-state index in [2.05, 4.69) is 5.32 Å². The zero-order valence-corrected chi connectivity index (χ0v) is 13.5. The van der Waals surface area contributed by atoms with Crippen molar-refractivity contribution >= 4 is 15.9 Å². The summed E-state index contributed by atoms with van der Waals surface area (Å²) in [6, 6.07) is 1.28. The molecule has 0 aromatic carbocycles. The molecule has 8 heteroatoms. The molecule has 0 saturated carbocycles. The fourth-order valence-electron chi connectivity index (χ4n) is 2.24. The van der Waals surface area contributed by atoms with Gasteiger partial charge >= 0.3 is 0 Å². The van der Waals surface area contributed by atoms with E-state index in [1.54, 1.807) is 4.90 Å². The van der Waals surface area contributed by atoms with Crippen molar-refractivity contribution in [2.75, 3.05) is 33.7 Å². The van der Waals surface area contributed by atoms with Crippen molar-refractivity contribution in [1.29, 1.82) is 0 Å². The van der Waals surface area contributed by atoms with Gasteiger partial charge in [0.1, 0.15) is 6.26 Å². The molecule has 1 N–H and O–H groups in total. The molecule has 21 heavy (non-hydrogen) atoms. The average Bonchev–Trinajstić information content (AvgIpc) is 2.86. The zero-order chi connectivity index (χ0) is 15.8. The van der Waals surface area contributed by atoms with Gasteiger partial charge in [-0.3, -0.25) is 4.79 Å². The third-order valence-electron chi connectivity index (χ3n) is 3.42. The van der Waals surface area contributed by atoms with E-state index >= 15 is 0 Å². The minimum Gasteiger partial charge on any atom is -0.451 e. The van der Waals surface area contributed by atoms with Crippen molar-refractivity contribution in [3.05, 3.63) is 17.9 Å². The molecule has 0 atom stereocenters. The monoisotopic (exact) mass is 315 g/mol. The number of furan rings is 1. The van der Waals surface area contributed by atoms with Crippen LogP contribution >= 0.6 is 0 Å². The molecule has 0 spiro atoms. The first-order chi connectivity index (χ1) is 9.63. The van der Waals surface area contributed by atoms with Crippen molar-refractivity contribution in [2.45, 2.75) is 24.5 Å². The lowest BCUT2D eigenvalue weighted by Gasteiger charge is -2.38. The summed E-state index contributed by atoms with van der Waals surface area (Å²) in [4.78, 5) is 14.1. The Bertz CT molecular complexity index is 634. The van der Waals surface area contributed by atoms with Gasteiger partial charge in [0.05, 0.1) is 5.56 Å². The molecular formula is C13H21N3O4S. The second-order valence-corrected chi connectivity index (χ2v) is 8.06. The Morgan fingerprint density at radius 2 is 2.10 bits per heavy atom. The maximum Gasteiger partial charge on any atom is 0.275 e. The van der Waals surface area contributed by atoms with E-state index < -0.39 is 10.0 Å². The van der Waals surface area contributed by atoms with Crippen molar-refractivity contribution in [3.8, 4) is 0 Å². The van der Waals surface area contributed by atoms with Gasteiger partial charge in [-0.15, -0.1) is 0 Å². The molecule has 118 valence electrons. The number of amides is 1. The first-order valence-electron chi connectivity index (χ1n) is 6.69. The highest BCUT2D eigenvalue weighted by Gasteiger charge is 2.31. The van der Waals surface area contributed by atoms with Crippen LogP contribution in [0.25, 0.3) is 0 Å². The van der Waals surface area contributed by atoms with Crippen molar-refractivity contribution < 1.29 is 17.6 Å². The Morgan fingerprint density at radius 1 is 1.43 bits per heavy atom. The van der Waals surface area contributed by atoms with Crippen molar-refractivity contribution in [3.63, 3.8) is 0 Å². The minimum absolute atomic E-state index is 0.157. The van der Waals surface area contributed by atoms with Crippen LogP contribution in [0.4, 0.5) is 0 Å². The molecule has 2 heterocycles. The Kier molecular flexibility index (Phi) is 4.14. The summed E-state index contributed by atoms with van der Waals surface area (Å²) in [5.74, 6) is -0.214. The van der Waals surface area contributed by atoms with Gasteiger partial charge in [0.2, 0.25) is 5.09 Å². The van der Waals surface area contributed by atoms with Gasteiger partial charge in [0.15, 0.2) is 0 Å². The van der Waals surface area contributed by atoms with Crippen LogP contribution in [0.1, 0.15) is 24.2 Å². The number of hydrogen-bond acceptors (Lipinski definition) is 5. The second kappa shape index (κ2) is 5.43. The Labute approximate surface area is 124 Å². The van der Waals surface area contributed by atoms with Crippen LogP contribution in [0.15, 0.2) is 21.8 Å². The van der Waals surface area contributed by atoms with Gasteiger partial charge in [-0.05, 0) is 13.8 Å². The van der Waals surface area contributed by atoms with Crippen LogP contribution < -0.4 is 5.32 Å². The van der Waals surface area contributed by atoms with E-state index in [-0.39, 0.29) is 22.1 Å². The number of carbonyl (C=O) groups excluding carboxylic acids is 1. The van der Waals surface area contributed by atoms with E-state index in [1.165, 1.54) is 26.4 Å². The average molecular weight is 315 g/mol. The molecule has 0 radical (unpaired) electrons. The summed E-state index contributed by atoms with van der Waals surface area (Å²) in [6.07, 6.45) is 1.20. The number of nitrogens with zero attached hydrogens (tertiary/aromatic N) is 2. The van der Waals surface area contributed by atoms with Crippen molar-refractivity contribution in [2.24, 2.45) is 0 Å². The van der Waals surface area contributed by atoms with Gasteiger partial charge < -0.3 is 14.6 Å². The van der Waals surface area contributed by atoms with Gasteiger partial charge in [0.25, 0.3) is 15.9 Å². The second-order valence-electron chi connectivity index (χ2n) is 5.98. The SMILES string of the molecule is CN(C)S(=O)(=O)c1cc(C(=O)N2CCNC(C)(C)C2)co1. The zero-order valence-electron chi connectivity index (χ0n) is 12.7. The van der Waals surface area contributed by atoms with Crippen molar-refractivity contribution in [1.82, 2.24) is 14.5 Å². The molecule has 0 aliphatic carbocycles. The number of sulfonamides is 1. The van der Waals surface area contributed by atoms with Gasteiger partial charge in [0, 0.05) is 45.3 Å². The minimum atomic E-state index is -3.66. The highest BCUT2D eigenvalue weighted by atomic mass is 32.2. The maximum atomic E-state index is 12.4.